The van der Waals surface area contributed by atoms with Gasteiger partial charge in [-0.25, -0.2) is 4.68 Å². The number of nitrogens with zero attached hydrogens (tertiary/aromatic N) is 3. The number of rotatable bonds is 5. The van der Waals surface area contributed by atoms with E-state index >= 15 is 0 Å². The number of carbonyl (C=O) groups is 1. The van der Waals surface area contributed by atoms with Crippen molar-refractivity contribution in [3.63, 3.8) is 0 Å². The summed E-state index contributed by atoms with van der Waals surface area (Å²) in [5.74, 6) is 1.66. The SMILES string of the molecule is COc1cc(OC)cc(-c2nc3n(n2)C(c2ccc(O)cc2)C(C(N)=O)=C(C)N3)c1. The second kappa shape index (κ2) is 7.43. The molecule has 0 aliphatic carbocycles. The van der Waals surface area contributed by atoms with Crippen molar-refractivity contribution >= 4 is 11.9 Å². The van der Waals surface area contributed by atoms with E-state index in [9.17, 15) is 9.90 Å². The van der Waals surface area contributed by atoms with Gasteiger partial charge < -0.3 is 25.6 Å². The van der Waals surface area contributed by atoms with Gasteiger partial charge >= 0.3 is 0 Å². The fourth-order valence-electron chi connectivity index (χ4n) is 3.49. The second-order valence-corrected chi connectivity index (χ2v) is 6.83. The van der Waals surface area contributed by atoms with Gasteiger partial charge in [-0.3, -0.25) is 4.79 Å². The van der Waals surface area contributed by atoms with Crippen LogP contribution in [0.25, 0.3) is 11.4 Å². The molecule has 0 bridgehead atoms. The number of ether oxygens (including phenoxy) is 2. The minimum absolute atomic E-state index is 0.122. The zero-order valence-electron chi connectivity index (χ0n) is 16.7. The molecule has 4 rings (SSSR count). The molecule has 1 aliphatic heterocycles. The van der Waals surface area contributed by atoms with Gasteiger partial charge in [-0.1, -0.05) is 12.1 Å². The Bertz CT molecular complexity index is 1130. The van der Waals surface area contributed by atoms with Gasteiger partial charge in [0.1, 0.15) is 23.3 Å². The lowest BCUT2D eigenvalue weighted by Gasteiger charge is -2.27. The van der Waals surface area contributed by atoms with Crippen LogP contribution in [0.3, 0.4) is 0 Å². The first-order valence-corrected chi connectivity index (χ1v) is 9.17. The van der Waals surface area contributed by atoms with Crippen molar-refractivity contribution in [1.29, 1.82) is 0 Å². The van der Waals surface area contributed by atoms with Gasteiger partial charge in [-0.2, -0.15) is 4.98 Å². The molecule has 9 nitrogen and oxygen atoms in total. The summed E-state index contributed by atoms with van der Waals surface area (Å²) in [7, 11) is 3.14. The zero-order chi connectivity index (χ0) is 21.4. The van der Waals surface area contributed by atoms with Crippen molar-refractivity contribution in [2.45, 2.75) is 13.0 Å². The van der Waals surface area contributed by atoms with E-state index in [0.29, 0.717) is 40.1 Å². The van der Waals surface area contributed by atoms with Gasteiger partial charge in [0.05, 0.1) is 19.8 Å². The minimum atomic E-state index is -0.590. The highest BCUT2D eigenvalue weighted by Crippen LogP contribution is 2.37. The molecule has 2 aromatic carbocycles. The Balaban J connectivity index is 1.87. The zero-order valence-corrected chi connectivity index (χ0v) is 16.7. The van der Waals surface area contributed by atoms with Gasteiger partial charge in [-0.05, 0) is 36.8 Å². The Kier molecular flexibility index (Phi) is 4.78. The second-order valence-electron chi connectivity index (χ2n) is 6.83. The van der Waals surface area contributed by atoms with Crippen molar-refractivity contribution < 1.29 is 19.4 Å². The fourth-order valence-corrected chi connectivity index (χ4v) is 3.49. The molecule has 4 N–H and O–H groups in total. The summed E-state index contributed by atoms with van der Waals surface area (Å²) < 4.78 is 12.3. The summed E-state index contributed by atoms with van der Waals surface area (Å²) in [4.78, 5) is 16.9. The predicted molar refractivity (Wildman–Crippen MR) is 110 cm³/mol. The average molecular weight is 407 g/mol. The summed E-state index contributed by atoms with van der Waals surface area (Å²) in [5, 5.41) is 17.4. The topological polar surface area (TPSA) is 125 Å². The third-order valence-corrected chi connectivity index (χ3v) is 4.94. The lowest BCUT2D eigenvalue weighted by Crippen LogP contribution is -2.31. The Morgan fingerprint density at radius 2 is 1.77 bits per heavy atom. The molecule has 1 atom stereocenters. The summed E-state index contributed by atoms with van der Waals surface area (Å²) in [5.41, 5.74) is 8.08. The number of aromatic nitrogens is 3. The summed E-state index contributed by atoms with van der Waals surface area (Å²) in [6.07, 6.45) is 0. The number of amides is 1. The first-order valence-electron chi connectivity index (χ1n) is 9.17. The summed E-state index contributed by atoms with van der Waals surface area (Å²) in [6.45, 7) is 1.76. The summed E-state index contributed by atoms with van der Waals surface area (Å²) in [6, 6.07) is 11.3. The standard InChI is InChI=1S/C21H21N5O4/c1-11-17(19(22)28)18(12-4-6-14(27)7-5-12)26-21(23-11)24-20(25-26)13-8-15(29-2)10-16(9-13)30-3/h4-10,18,27H,1-3H3,(H2,22,28)(H,23,24,25). The van der Waals surface area contributed by atoms with Crippen LogP contribution in [0, 0.1) is 0 Å². The molecule has 30 heavy (non-hydrogen) atoms. The molecule has 1 amide bonds. The number of primary amides is 1. The van der Waals surface area contributed by atoms with Crippen LogP contribution in [0.2, 0.25) is 0 Å². The average Bonchev–Trinajstić information content (AvgIpc) is 3.16. The number of anilines is 1. The van der Waals surface area contributed by atoms with E-state index in [4.69, 9.17) is 15.2 Å². The number of phenolic OH excluding ortho intramolecular Hbond substituents is 1. The van der Waals surface area contributed by atoms with Gasteiger partial charge in [0.25, 0.3) is 0 Å². The molecule has 2 heterocycles. The lowest BCUT2D eigenvalue weighted by molar-refractivity contribution is -0.115. The number of hydrogen-bond donors (Lipinski definition) is 3. The van der Waals surface area contributed by atoms with Crippen LogP contribution in [0.4, 0.5) is 5.95 Å². The lowest BCUT2D eigenvalue weighted by atomic mass is 9.95. The molecular formula is C21H21N5O4. The number of benzene rings is 2. The van der Waals surface area contributed by atoms with Crippen LogP contribution < -0.4 is 20.5 Å². The number of nitrogens with two attached hydrogens (primary N) is 1. The molecule has 1 aliphatic rings. The van der Waals surface area contributed by atoms with Crippen LogP contribution in [0.1, 0.15) is 18.5 Å². The van der Waals surface area contributed by atoms with Crippen LogP contribution in [0.15, 0.2) is 53.7 Å². The molecule has 0 saturated carbocycles. The highest BCUT2D eigenvalue weighted by Gasteiger charge is 2.33. The molecule has 154 valence electrons. The van der Waals surface area contributed by atoms with E-state index in [1.54, 1.807) is 68.3 Å². The predicted octanol–water partition coefficient (Wildman–Crippen LogP) is 2.44. The van der Waals surface area contributed by atoms with E-state index in [1.807, 2.05) is 0 Å². The van der Waals surface area contributed by atoms with Crippen molar-refractivity contribution in [3.05, 3.63) is 59.3 Å². The highest BCUT2D eigenvalue weighted by atomic mass is 16.5. The Morgan fingerprint density at radius 3 is 2.33 bits per heavy atom. The molecule has 0 spiro atoms. The molecule has 9 heteroatoms. The molecule has 0 fully saturated rings. The Hall–Kier alpha value is -4.01. The first-order chi connectivity index (χ1) is 14.4. The molecule has 0 radical (unpaired) electrons. The number of nitrogens with one attached hydrogen (secondary N) is 1. The van der Waals surface area contributed by atoms with Crippen LogP contribution in [-0.2, 0) is 4.79 Å². The first kappa shape index (κ1) is 19.3. The van der Waals surface area contributed by atoms with E-state index < -0.39 is 11.9 Å². The summed E-state index contributed by atoms with van der Waals surface area (Å²) >= 11 is 0. The van der Waals surface area contributed by atoms with E-state index in [1.165, 1.54) is 0 Å². The molecule has 1 aromatic heterocycles. The molecule has 0 saturated heterocycles. The Labute approximate surface area is 172 Å². The van der Waals surface area contributed by atoms with Gasteiger partial charge in [0.15, 0.2) is 5.82 Å². The third-order valence-electron chi connectivity index (χ3n) is 4.94. The number of fused-ring (bicyclic) bond motifs is 1. The van der Waals surface area contributed by atoms with E-state index in [-0.39, 0.29) is 5.75 Å². The van der Waals surface area contributed by atoms with Crippen LogP contribution in [0.5, 0.6) is 17.2 Å². The normalized spacial score (nSPS) is 15.4. The quantitative estimate of drug-likeness (QED) is 0.593. The maximum absolute atomic E-state index is 12.2. The van der Waals surface area contributed by atoms with Crippen molar-refractivity contribution in [2.75, 3.05) is 19.5 Å². The molecular weight excluding hydrogens is 386 g/mol. The molecule has 3 aromatic rings. The molecule has 1 unspecified atom stereocenters. The van der Waals surface area contributed by atoms with Crippen molar-refractivity contribution in [1.82, 2.24) is 14.8 Å². The number of aromatic hydroxyl groups is 1. The number of phenols is 1. The van der Waals surface area contributed by atoms with Crippen LogP contribution in [-0.4, -0.2) is 40.0 Å². The maximum atomic E-state index is 12.2. The van der Waals surface area contributed by atoms with Gasteiger partial charge in [0, 0.05) is 17.3 Å². The van der Waals surface area contributed by atoms with Gasteiger partial charge in [-0.15, -0.1) is 5.10 Å². The van der Waals surface area contributed by atoms with E-state index in [0.717, 1.165) is 5.56 Å². The van der Waals surface area contributed by atoms with Gasteiger partial charge in [0.2, 0.25) is 11.9 Å². The fraction of sp³-hybridized carbons (Fsp3) is 0.190. The smallest absolute Gasteiger partial charge is 0.248 e. The number of carbonyl (C=O) groups excluding carboxylic acids is 1. The minimum Gasteiger partial charge on any atom is -0.508 e. The van der Waals surface area contributed by atoms with E-state index in [2.05, 4.69) is 15.4 Å². The van der Waals surface area contributed by atoms with Crippen molar-refractivity contribution in [3.8, 4) is 28.6 Å². The monoisotopic (exact) mass is 407 g/mol. The third kappa shape index (κ3) is 3.30. The number of hydrogen-bond acceptors (Lipinski definition) is 7. The number of methoxy groups -OCH3 is 2. The maximum Gasteiger partial charge on any atom is 0.248 e. The Morgan fingerprint density at radius 1 is 1.13 bits per heavy atom. The highest BCUT2D eigenvalue weighted by molar-refractivity contribution is 5.95. The van der Waals surface area contributed by atoms with Crippen LogP contribution >= 0.6 is 0 Å². The largest absolute Gasteiger partial charge is 0.508 e. The number of allylic oxidation sites excluding steroid dienone is 1. The van der Waals surface area contributed by atoms with Crippen molar-refractivity contribution in [2.24, 2.45) is 5.73 Å².